The summed E-state index contributed by atoms with van der Waals surface area (Å²) >= 11 is 0. The molecule has 0 bridgehead atoms. The molecule has 108 valence electrons. The molecule has 0 radical (unpaired) electrons. The molecule has 3 unspecified atom stereocenters. The average Bonchev–Trinajstić information content (AvgIpc) is 2.39. The van der Waals surface area contributed by atoms with Crippen molar-refractivity contribution >= 4 is 11.9 Å². The van der Waals surface area contributed by atoms with Gasteiger partial charge in [0.05, 0.1) is 18.4 Å². The lowest BCUT2D eigenvalue weighted by atomic mass is 9.90. The van der Waals surface area contributed by atoms with Crippen LogP contribution in [0.25, 0.3) is 0 Å². The van der Waals surface area contributed by atoms with Crippen LogP contribution in [0.1, 0.15) is 39.0 Å². The topological polar surface area (TPSA) is 66.8 Å². The van der Waals surface area contributed by atoms with Gasteiger partial charge in [0.2, 0.25) is 5.91 Å². The first-order chi connectivity index (χ1) is 9.06. The lowest BCUT2D eigenvalue weighted by molar-refractivity contribution is -0.147. The van der Waals surface area contributed by atoms with E-state index in [1.165, 1.54) is 0 Å². The summed E-state index contributed by atoms with van der Waals surface area (Å²) in [7, 11) is 0. The molecule has 2 saturated heterocycles. The van der Waals surface area contributed by atoms with Crippen LogP contribution in [-0.4, -0.2) is 47.7 Å². The maximum atomic E-state index is 12.2. The average molecular weight is 269 g/mol. The summed E-state index contributed by atoms with van der Waals surface area (Å²) in [5, 5.41) is 9.11. The third kappa shape index (κ3) is 3.93. The molecular formula is C14H23NO4. The zero-order valence-electron chi connectivity index (χ0n) is 11.5. The Bertz CT molecular complexity index is 338. The highest BCUT2D eigenvalue weighted by Gasteiger charge is 2.32. The molecule has 0 aromatic heterocycles. The predicted octanol–water partition coefficient (Wildman–Crippen LogP) is 1.51. The number of carbonyl (C=O) groups excluding carboxylic acids is 1. The van der Waals surface area contributed by atoms with Gasteiger partial charge < -0.3 is 14.7 Å². The Balaban J connectivity index is 1.88. The Labute approximate surface area is 113 Å². The number of hydrogen-bond donors (Lipinski definition) is 1. The molecule has 0 spiro atoms. The van der Waals surface area contributed by atoms with Crippen molar-refractivity contribution in [3.05, 3.63) is 0 Å². The number of likely N-dealkylation sites (tertiary alicyclic amines) is 1. The normalized spacial score (nSPS) is 32.1. The number of carboxylic acids is 1. The van der Waals surface area contributed by atoms with Crippen LogP contribution in [0.2, 0.25) is 0 Å². The maximum absolute atomic E-state index is 12.2. The fourth-order valence-corrected chi connectivity index (χ4v) is 3.03. The SMILES string of the molecule is CC1CC(C(=O)O)CN(C(=O)CC2CCCCO2)C1. The van der Waals surface area contributed by atoms with Crippen LogP contribution in [0.3, 0.4) is 0 Å². The Hall–Kier alpha value is -1.10. The standard InChI is InChI=1S/C14H23NO4/c1-10-6-11(14(17)18)9-15(8-10)13(16)7-12-4-2-3-5-19-12/h10-12H,2-9H2,1H3,(H,17,18). The van der Waals surface area contributed by atoms with E-state index in [1.807, 2.05) is 6.92 Å². The van der Waals surface area contributed by atoms with E-state index in [0.717, 1.165) is 25.9 Å². The number of hydrogen-bond acceptors (Lipinski definition) is 3. The van der Waals surface area contributed by atoms with Crippen LogP contribution in [-0.2, 0) is 14.3 Å². The minimum atomic E-state index is -0.793. The molecule has 5 heteroatoms. The number of amides is 1. The van der Waals surface area contributed by atoms with E-state index < -0.39 is 11.9 Å². The Kier molecular flexibility index (Phi) is 4.80. The van der Waals surface area contributed by atoms with Crippen LogP contribution in [0, 0.1) is 11.8 Å². The first-order valence-corrected chi connectivity index (χ1v) is 7.18. The summed E-state index contributed by atoms with van der Waals surface area (Å²) in [5.41, 5.74) is 0. The van der Waals surface area contributed by atoms with E-state index in [9.17, 15) is 9.59 Å². The van der Waals surface area contributed by atoms with Crippen LogP contribution in [0.5, 0.6) is 0 Å². The fraction of sp³-hybridized carbons (Fsp3) is 0.857. The molecule has 2 fully saturated rings. The van der Waals surface area contributed by atoms with Gasteiger partial charge in [-0.1, -0.05) is 6.92 Å². The number of carboxylic acid groups (broad SMARTS) is 1. The molecular weight excluding hydrogens is 246 g/mol. The second-order valence-electron chi connectivity index (χ2n) is 5.87. The summed E-state index contributed by atoms with van der Waals surface area (Å²) in [6.45, 7) is 3.78. The van der Waals surface area contributed by atoms with E-state index in [-0.39, 0.29) is 17.9 Å². The van der Waals surface area contributed by atoms with Crippen molar-refractivity contribution in [2.75, 3.05) is 19.7 Å². The van der Waals surface area contributed by atoms with Gasteiger partial charge in [-0.3, -0.25) is 9.59 Å². The lowest BCUT2D eigenvalue weighted by Gasteiger charge is -2.35. The van der Waals surface area contributed by atoms with Gasteiger partial charge in [0.1, 0.15) is 0 Å². The fourth-order valence-electron chi connectivity index (χ4n) is 3.03. The highest BCUT2D eigenvalue weighted by Crippen LogP contribution is 2.24. The maximum Gasteiger partial charge on any atom is 0.308 e. The van der Waals surface area contributed by atoms with Gasteiger partial charge >= 0.3 is 5.97 Å². The molecule has 2 rings (SSSR count). The highest BCUT2D eigenvalue weighted by atomic mass is 16.5. The van der Waals surface area contributed by atoms with Crippen molar-refractivity contribution in [1.82, 2.24) is 4.90 Å². The molecule has 1 N–H and O–H groups in total. The summed E-state index contributed by atoms with van der Waals surface area (Å²) in [6, 6.07) is 0. The number of aliphatic carboxylic acids is 1. The molecule has 19 heavy (non-hydrogen) atoms. The van der Waals surface area contributed by atoms with Crippen molar-refractivity contribution in [1.29, 1.82) is 0 Å². The first-order valence-electron chi connectivity index (χ1n) is 7.18. The summed E-state index contributed by atoms with van der Waals surface area (Å²) in [5.74, 6) is -0.908. The number of carbonyl (C=O) groups is 2. The second kappa shape index (κ2) is 6.37. The van der Waals surface area contributed by atoms with Crippen LogP contribution in [0.15, 0.2) is 0 Å². The van der Waals surface area contributed by atoms with Crippen molar-refractivity contribution in [3.8, 4) is 0 Å². The van der Waals surface area contributed by atoms with Gasteiger partial charge in [0.15, 0.2) is 0 Å². The number of piperidine rings is 1. The predicted molar refractivity (Wildman–Crippen MR) is 69.7 cm³/mol. The lowest BCUT2D eigenvalue weighted by Crippen LogP contribution is -2.46. The second-order valence-corrected chi connectivity index (χ2v) is 5.87. The molecule has 5 nitrogen and oxygen atoms in total. The van der Waals surface area contributed by atoms with Crippen molar-refractivity contribution in [3.63, 3.8) is 0 Å². The van der Waals surface area contributed by atoms with E-state index in [2.05, 4.69) is 0 Å². The number of rotatable bonds is 3. The van der Waals surface area contributed by atoms with Crippen molar-refractivity contribution < 1.29 is 19.4 Å². The van der Waals surface area contributed by atoms with E-state index in [0.29, 0.717) is 25.9 Å². The quantitative estimate of drug-likeness (QED) is 0.843. The Morgan fingerprint density at radius 1 is 1.32 bits per heavy atom. The molecule has 1 amide bonds. The van der Waals surface area contributed by atoms with Crippen molar-refractivity contribution in [2.24, 2.45) is 11.8 Å². The summed E-state index contributed by atoms with van der Waals surface area (Å²) in [4.78, 5) is 25.0. The molecule has 3 atom stereocenters. The largest absolute Gasteiger partial charge is 0.481 e. The van der Waals surface area contributed by atoms with Crippen LogP contribution < -0.4 is 0 Å². The minimum Gasteiger partial charge on any atom is -0.481 e. The monoisotopic (exact) mass is 269 g/mol. The van der Waals surface area contributed by atoms with Crippen LogP contribution in [0.4, 0.5) is 0 Å². The summed E-state index contributed by atoms with van der Waals surface area (Å²) in [6.07, 6.45) is 4.23. The molecule has 2 heterocycles. The van der Waals surface area contributed by atoms with Gasteiger partial charge in [-0.25, -0.2) is 0 Å². The summed E-state index contributed by atoms with van der Waals surface area (Å²) < 4.78 is 5.58. The van der Waals surface area contributed by atoms with Gasteiger partial charge in [-0.05, 0) is 31.6 Å². The third-order valence-electron chi connectivity index (χ3n) is 4.04. The molecule has 0 saturated carbocycles. The zero-order valence-corrected chi connectivity index (χ0v) is 11.5. The number of nitrogens with zero attached hydrogens (tertiary/aromatic N) is 1. The molecule has 0 aliphatic carbocycles. The molecule has 2 aliphatic heterocycles. The smallest absolute Gasteiger partial charge is 0.308 e. The Morgan fingerprint density at radius 3 is 2.74 bits per heavy atom. The van der Waals surface area contributed by atoms with E-state index >= 15 is 0 Å². The van der Waals surface area contributed by atoms with Gasteiger partial charge in [-0.15, -0.1) is 0 Å². The van der Waals surface area contributed by atoms with E-state index in [4.69, 9.17) is 9.84 Å². The zero-order chi connectivity index (χ0) is 13.8. The minimum absolute atomic E-state index is 0.0294. The molecule has 0 aromatic carbocycles. The van der Waals surface area contributed by atoms with E-state index in [1.54, 1.807) is 4.90 Å². The van der Waals surface area contributed by atoms with Crippen LogP contribution >= 0.6 is 0 Å². The van der Waals surface area contributed by atoms with Gasteiger partial charge in [0, 0.05) is 19.7 Å². The highest BCUT2D eigenvalue weighted by molar-refractivity contribution is 5.78. The first kappa shape index (κ1) is 14.3. The number of ether oxygens (including phenoxy) is 1. The molecule has 2 aliphatic rings. The molecule has 0 aromatic rings. The third-order valence-corrected chi connectivity index (χ3v) is 4.04. The van der Waals surface area contributed by atoms with Crippen molar-refractivity contribution in [2.45, 2.75) is 45.1 Å². The van der Waals surface area contributed by atoms with Gasteiger partial charge in [0.25, 0.3) is 0 Å². The van der Waals surface area contributed by atoms with Gasteiger partial charge in [-0.2, -0.15) is 0 Å². The Morgan fingerprint density at radius 2 is 2.11 bits per heavy atom.